The van der Waals surface area contributed by atoms with Crippen LogP contribution < -0.4 is 4.72 Å². The summed E-state index contributed by atoms with van der Waals surface area (Å²) in [5.74, 6) is 0. The number of fused-ring (bicyclic) bond motifs is 1. The van der Waals surface area contributed by atoms with Crippen LogP contribution in [0.25, 0.3) is 22.2 Å². The second-order valence-electron chi connectivity index (χ2n) is 5.37. The molecule has 0 aliphatic carbocycles. The van der Waals surface area contributed by atoms with E-state index in [1.807, 2.05) is 42.5 Å². The van der Waals surface area contributed by atoms with Crippen molar-refractivity contribution in [1.29, 1.82) is 0 Å². The zero-order valence-electron chi connectivity index (χ0n) is 12.5. The van der Waals surface area contributed by atoms with Crippen LogP contribution in [0.1, 0.15) is 0 Å². The molecule has 2 aromatic heterocycles. The molecule has 0 atom stereocenters. The maximum absolute atomic E-state index is 12.3. The third kappa shape index (κ3) is 2.65. The molecule has 3 N–H and O–H groups in total. The number of H-pyrrole nitrogens is 2. The summed E-state index contributed by atoms with van der Waals surface area (Å²) in [5, 5.41) is 1.13. The fourth-order valence-corrected chi connectivity index (χ4v) is 3.53. The number of anilines is 1. The molecule has 0 radical (unpaired) electrons. The van der Waals surface area contributed by atoms with Crippen LogP contribution in [0.4, 0.5) is 5.69 Å². The monoisotopic (exact) mass is 338 g/mol. The zero-order chi connectivity index (χ0) is 16.6. The van der Waals surface area contributed by atoms with Gasteiger partial charge >= 0.3 is 0 Å². The molecule has 0 spiro atoms. The van der Waals surface area contributed by atoms with Crippen molar-refractivity contribution in [2.24, 2.45) is 0 Å². The van der Waals surface area contributed by atoms with Gasteiger partial charge in [0.05, 0.1) is 12.5 Å². The van der Waals surface area contributed by atoms with Gasteiger partial charge in [0.1, 0.15) is 0 Å². The summed E-state index contributed by atoms with van der Waals surface area (Å²) >= 11 is 0. The summed E-state index contributed by atoms with van der Waals surface area (Å²) in [5.41, 5.74) is 3.35. The standard InChI is InChI=1S/C17H14N4O2S/c22-24(23,17-10-18-11-19-17)21-14-6-3-5-12(8-14)16-9-13-4-1-2-7-15(13)20-16/h1-11,20-21H,(H,18,19). The summed E-state index contributed by atoms with van der Waals surface area (Å²) in [6.07, 6.45) is 2.60. The Balaban J connectivity index is 1.69. The van der Waals surface area contributed by atoms with Crippen LogP contribution in [-0.4, -0.2) is 23.4 Å². The number of hydrogen-bond acceptors (Lipinski definition) is 3. The third-order valence-corrected chi connectivity index (χ3v) is 5.03. The smallest absolute Gasteiger partial charge is 0.278 e. The highest BCUT2D eigenvalue weighted by Crippen LogP contribution is 2.26. The number of sulfonamides is 1. The quantitative estimate of drug-likeness (QED) is 0.533. The van der Waals surface area contributed by atoms with Gasteiger partial charge in [-0.1, -0.05) is 30.3 Å². The number of aromatic nitrogens is 3. The molecule has 0 fully saturated rings. The number of rotatable bonds is 4. The maximum atomic E-state index is 12.3. The molecule has 0 bridgehead atoms. The van der Waals surface area contributed by atoms with Crippen molar-refractivity contribution in [3.63, 3.8) is 0 Å². The maximum Gasteiger partial charge on any atom is 0.278 e. The van der Waals surface area contributed by atoms with Gasteiger partial charge < -0.3 is 9.97 Å². The van der Waals surface area contributed by atoms with E-state index in [1.54, 1.807) is 12.1 Å². The Bertz CT molecular complexity index is 1070. The first-order valence-electron chi connectivity index (χ1n) is 7.31. The molecule has 24 heavy (non-hydrogen) atoms. The van der Waals surface area contributed by atoms with E-state index in [0.29, 0.717) is 5.69 Å². The molecule has 4 aromatic rings. The average molecular weight is 338 g/mol. The Kier molecular flexibility index (Phi) is 3.35. The molecule has 0 unspecified atom stereocenters. The van der Waals surface area contributed by atoms with Gasteiger partial charge in [0.15, 0.2) is 5.03 Å². The van der Waals surface area contributed by atoms with Crippen molar-refractivity contribution in [2.75, 3.05) is 4.72 Å². The van der Waals surface area contributed by atoms with Crippen molar-refractivity contribution in [3.05, 3.63) is 67.1 Å². The first-order valence-corrected chi connectivity index (χ1v) is 8.79. The summed E-state index contributed by atoms with van der Waals surface area (Å²) in [6, 6.07) is 17.3. The van der Waals surface area contributed by atoms with Gasteiger partial charge in [-0.15, -0.1) is 0 Å². The Morgan fingerprint density at radius 1 is 1.00 bits per heavy atom. The van der Waals surface area contributed by atoms with E-state index in [1.165, 1.54) is 12.5 Å². The molecular formula is C17H14N4O2S. The van der Waals surface area contributed by atoms with Gasteiger partial charge in [-0.3, -0.25) is 4.72 Å². The molecule has 0 saturated carbocycles. The molecule has 6 nitrogen and oxygen atoms in total. The first kappa shape index (κ1) is 14.5. The lowest BCUT2D eigenvalue weighted by molar-refractivity contribution is 0.598. The van der Waals surface area contributed by atoms with Crippen LogP contribution in [0.3, 0.4) is 0 Å². The lowest BCUT2D eigenvalue weighted by atomic mass is 10.1. The van der Waals surface area contributed by atoms with E-state index >= 15 is 0 Å². The molecule has 4 rings (SSSR count). The van der Waals surface area contributed by atoms with Gasteiger partial charge in [-0.25, -0.2) is 4.98 Å². The van der Waals surface area contributed by atoms with Crippen molar-refractivity contribution in [1.82, 2.24) is 15.0 Å². The predicted molar refractivity (Wildman–Crippen MR) is 93.1 cm³/mol. The SMILES string of the molecule is O=S(=O)(Nc1cccc(-c2cc3ccccc3[nH]2)c1)c1cnc[nH]1. The van der Waals surface area contributed by atoms with Gasteiger partial charge in [-0.2, -0.15) is 8.42 Å². The Labute approximate surface area is 138 Å². The van der Waals surface area contributed by atoms with Crippen LogP contribution in [0.5, 0.6) is 0 Å². The Morgan fingerprint density at radius 2 is 1.88 bits per heavy atom. The van der Waals surface area contributed by atoms with E-state index in [9.17, 15) is 8.42 Å². The molecule has 120 valence electrons. The number of nitrogens with zero attached hydrogens (tertiary/aromatic N) is 1. The number of para-hydroxylation sites is 1. The molecule has 0 saturated heterocycles. The zero-order valence-corrected chi connectivity index (χ0v) is 13.3. The van der Waals surface area contributed by atoms with Crippen LogP contribution in [0.2, 0.25) is 0 Å². The van der Waals surface area contributed by atoms with Crippen molar-refractivity contribution >= 4 is 26.6 Å². The van der Waals surface area contributed by atoms with Gasteiger partial charge in [0, 0.05) is 27.8 Å². The van der Waals surface area contributed by atoms with Gasteiger partial charge in [0.2, 0.25) is 0 Å². The third-order valence-electron chi connectivity index (χ3n) is 3.72. The molecular weight excluding hydrogens is 324 g/mol. The first-order chi connectivity index (χ1) is 11.6. The minimum Gasteiger partial charge on any atom is -0.355 e. The topological polar surface area (TPSA) is 90.6 Å². The molecule has 2 aromatic carbocycles. The second kappa shape index (κ2) is 5.54. The van der Waals surface area contributed by atoms with Crippen LogP contribution in [-0.2, 0) is 10.0 Å². The Hall–Kier alpha value is -3.06. The second-order valence-corrected chi connectivity index (χ2v) is 7.02. The highest BCUT2D eigenvalue weighted by Gasteiger charge is 2.15. The average Bonchev–Trinajstić information content (AvgIpc) is 3.24. The predicted octanol–water partition coefficient (Wildman–Crippen LogP) is 3.36. The number of aromatic amines is 2. The summed E-state index contributed by atoms with van der Waals surface area (Å²) < 4.78 is 27.1. The van der Waals surface area contributed by atoms with E-state index < -0.39 is 10.0 Å². The van der Waals surface area contributed by atoms with Gasteiger partial charge in [-0.05, 0) is 24.3 Å². The highest BCUT2D eigenvalue weighted by atomic mass is 32.2. The van der Waals surface area contributed by atoms with E-state index in [-0.39, 0.29) is 5.03 Å². The molecule has 0 amide bonds. The normalized spacial score (nSPS) is 11.7. The summed E-state index contributed by atoms with van der Waals surface area (Å²) in [6.45, 7) is 0. The van der Waals surface area contributed by atoms with E-state index in [2.05, 4.69) is 19.7 Å². The summed E-state index contributed by atoms with van der Waals surface area (Å²) in [4.78, 5) is 9.67. The van der Waals surface area contributed by atoms with E-state index in [0.717, 1.165) is 22.2 Å². The highest BCUT2D eigenvalue weighted by molar-refractivity contribution is 7.92. The van der Waals surface area contributed by atoms with Crippen molar-refractivity contribution in [3.8, 4) is 11.3 Å². The van der Waals surface area contributed by atoms with Crippen LogP contribution >= 0.6 is 0 Å². The lowest BCUT2D eigenvalue weighted by Crippen LogP contribution is -2.13. The lowest BCUT2D eigenvalue weighted by Gasteiger charge is -2.07. The molecule has 7 heteroatoms. The number of benzene rings is 2. The number of hydrogen-bond donors (Lipinski definition) is 3. The number of nitrogens with one attached hydrogen (secondary N) is 3. The largest absolute Gasteiger partial charge is 0.355 e. The molecule has 2 heterocycles. The Morgan fingerprint density at radius 3 is 2.67 bits per heavy atom. The van der Waals surface area contributed by atoms with Crippen LogP contribution in [0, 0.1) is 0 Å². The fourth-order valence-electron chi connectivity index (χ4n) is 2.58. The minimum absolute atomic E-state index is 0.0264. The van der Waals surface area contributed by atoms with Crippen LogP contribution in [0.15, 0.2) is 72.1 Å². The fraction of sp³-hybridized carbons (Fsp3) is 0. The summed E-state index contributed by atoms with van der Waals surface area (Å²) in [7, 11) is -3.67. The minimum atomic E-state index is -3.67. The van der Waals surface area contributed by atoms with Crippen molar-refractivity contribution in [2.45, 2.75) is 5.03 Å². The molecule has 0 aliphatic rings. The van der Waals surface area contributed by atoms with Crippen molar-refractivity contribution < 1.29 is 8.42 Å². The van der Waals surface area contributed by atoms with E-state index in [4.69, 9.17) is 0 Å². The number of imidazole rings is 1. The molecule has 0 aliphatic heterocycles. The van der Waals surface area contributed by atoms with Gasteiger partial charge in [0.25, 0.3) is 10.0 Å².